The van der Waals surface area contributed by atoms with Gasteiger partial charge in [0.25, 0.3) is 0 Å². The summed E-state index contributed by atoms with van der Waals surface area (Å²) in [6.07, 6.45) is 1.70. The van der Waals surface area contributed by atoms with Gasteiger partial charge in [-0.3, -0.25) is 0 Å². The normalized spacial score (nSPS) is 9.93. The zero-order valence-corrected chi connectivity index (χ0v) is 8.56. The maximum absolute atomic E-state index is 8.77. The molecule has 0 aliphatic heterocycles. The lowest BCUT2D eigenvalue weighted by Crippen LogP contribution is -2.22. The fourth-order valence-electron chi connectivity index (χ4n) is 1.07. The lowest BCUT2D eigenvalue weighted by atomic mass is 10.5. The molecule has 0 saturated heterocycles. The molecule has 0 aliphatic rings. The molecule has 0 atom stereocenters. The van der Waals surface area contributed by atoms with Gasteiger partial charge in [0.15, 0.2) is 0 Å². The Morgan fingerprint density at radius 1 is 1.57 bits per heavy atom. The molecule has 0 unspecified atom stereocenters. The van der Waals surface area contributed by atoms with Crippen LogP contribution >= 0.6 is 0 Å². The fraction of sp³-hybridized carbons (Fsp3) is 0.556. The molecule has 5 nitrogen and oxygen atoms in total. The van der Waals surface area contributed by atoms with Crippen molar-refractivity contribution < 1.29 is 5.11 Å². The van der Waals surface area contributed by atoms with E-state index in [0.29, 0.717) is 12.5 Å². The average Bonchev–Trinajstić information content (AvgIpc) is 2.19. The monoisotopic (exact) mass is 196 g/mol. The highest BCUT2D eigenvalue weighted by molar-refractivity contribution is 5.41. The second kappa shape index (κ2) is 5.39. The molecule has 14 heavy (non-hydrogen) atoms. The minimum atomic E-state index is 0.122. The van der Waals surface area contributed by atoms with Gasteiger partial charge in [-0.15, -0.1) is 0 Å². The standard InChI is InChI=1S/C9H16N4O/c1-3-10-9-11-5-4-8(12-9)13(2)6-7-14/h4-5,14H,3,6-7H2,1-2H3,(H,10,11,12). The predicted molar refractivity (Wildman–Crippen MR) is 56.6 cm³/mol. The number of nitrogens with zero attached hydrogens (tertiary/aromatic N) is 3. The van der Waals surface area contributed by atoms with Crippen molar-refractivity contribution in [1.82, 2.24) is 9.97 Å². The van der Waals surface area contributed by atoms with E-state index in [1.54, 1.807) is 6.20 Å². The third kappa shape index (κ3) is 2.85. The first-order chi connectivity index (χ1) is 6.77. The topological polar surface area (TPSA) is 61.3 Å². The van der Waals surface area contributed by atoms with E-state index in [-0.39, 0.29) is 6.61 Å². The number of hydrogen-bond donors (Lipinski definition) is 2. The predicted octanol–water partition coefficient (Wildman–Crippen LogP) is 0.337. The second-order valence-electron chi connectivity index (χ2n) is 2.91. The molecule has 0 radical (unpaired) electrons. The second-order valence-corrected chi connectivity index (χ2v) is 2.91. The zero-order valence-electron chi connectivity index (χ0n) is 8.56. The van der Waals surface area contributed by atoms with Gasteiger partial charge in [-0.2, -0.15) is 4.98 Å². The van der Waals surface area contributed by atoms with E-state index in [2.05, 4.69) is 15.3 Å². The summed E-state index contributed by atoms with van der Waals surface area (Å²) < 4.78 is 0. The molecule has 0 bridgehead atoms. The number of aliphatic hydroxyl groups excluding tert-OH is 1. The quantitative estimate of drug-likeness (QED) is 0.711. The van der Waals surface area contributed by atoms with Crippen molar-refractivity contribution in [3.8, 4) is 0 Å². The Balaban J connectivity index is 2.71. The molecular weight excluding hydrogens is 180 g/mol. The van der Waals surface area contributed by atoms with Crippen LogP contribution in [-0.2, 0) is 0 Å². The molecule has 1 heterocycles. The van der Waals surface area contributed by atoms with Crippen molar-refractivity contribution in [3.05, 3.63) is 12.3 Å². The summed E-state index contributed by atoms with van der Waals surface area (Å²) in [6, 6.07) is 1.82. The fourth-order valence-corrected chi connectivity index (χ4v) is 1.07. The first-order valence-electron chi connectivity index (χ1n) is 4.66. The van der Waals surface area contributed by atoms with Crippen LogP contribution in [0.3, 0.4) is 0 Å². The molecule has 2 N–H and O–H groups in total. The van der Waals surface area contributed by atoms with Gasteiger partial charge < -0.3 is 15.3 Å². The molecule has 0 saturated carbocycles. The summed E-state index contributed by atoms with van der Waals surface area (Å²) in [4.78, 5) is 10.2. The van der Waals surface area contributed by atoms with Gasteiger partial charge in [-0.1, -0.05) is 0 Å². The number of rotatable bonds is 5. The molecule has 1 aromatic rings. The van der Waals surface area contributed by atoms with Crippen LogP contribution < -0.4 is 10.2 Å². The third-order valence-electron chi connectivity index (χ3n) is 1.80. The largest absolute Gasteiger partial charge is 0.395 e. The summed E-state index contributed by atoms with van der Waals surface area (Å²) in [5, 5.41) is 11.8. The highest BCUT2D eigenvalue weighted by Crippen LogP contribution is 2.09. The molecule has 0 aliphatic carbocycles. The van der Waals surface area contributed by atoms with Gasteiger partial charge in [0.2, 0.25) is 5.95 Å². The van der Waals surface area contributed by atoms with E-state index in [1.807, 2.05) is 24.9 Å². The smallest absolute Gasteiger partial charge is 0.224 e. The highest BCUT2D eigenvalue weighted by Gasteiger charge is 2.02. The van der Waals surface area contributed by atoms with Gasteiger partial charge in [0, 0.05) is 26.3 Å². The number of likely N-dealkylation sites (N-methyl/N-ethyl adjacent to an activating group) is 1. The van der Waals surface area contributed by atoms with Gasteiger partial charge in [0.1, 0.15) is 5.82 Å². The summed E-state index contributed by atoms with van der Waals surface area (Å²) in [6.45, 7) is 3.49. The summed E-state index contributed by atoms with van der Waals surface area (Å²) >= 11 is 0. The lowest BCUT2D eigenvalue weighted by Gasteiger charge is -2.16. The van der Waals surface area contributed by atoms with E-state index in [1.165, 1.54) is 0 Å². The molecule has 1 aromatic heterocycles. The Hall–Kier alpha value is -1.36. The molecule has 5 heteroatoms. The Morgan fingerprint density at radius 2 is 2.36 bits per heavy atom. The van der Waals surface area contributed by atoms with E-state index >= 15 is 0 Å². The van der Waals surface area contributed by atoms with Crippen LogP contribution in [0.15, 0.2) is 12.3 Å². The van der Waals surface area contributed by atoms with Crippen molar-refractivity contribution >= 4 is 11.8 Å². The summed E-state index contributed by atoms with van der Waals surface area (Å²) in [7, 11) is 1.88. The van der Waals surface area contributed by atoms with Crippen LogP contribution in [0.25, 0.3) is 0 Å². The van der Waals surface area contributed by atoms with Gasteiger partial charge >= 0.3 is 0 Å². The van der Waals surface area contributed by atoms with Crippen molar-refractivity contribution in [2.75, 3.05) is 37.0 Å². The maximum atomic E-state index is 8.77. The van der Waals surface area contributed by atoms with Crippen LogP contribution in [0.2, 0.25) is 0 Å². The number of aromatic nitrogens is 2. The average molecular weight is 196 g/mol. The molecule has 78 valence electrons. The molecule has 0 amide bonds. The first-order valence-corrected chi connectivity index (χ1v) is 4.66. The molecule has 0 fully saturated rings. The molecule has 0 aromatic carbocycles. The van der Waals surface area contributed by atoms with Gasteiger partial charge in [-0.25, -0.2) is 4.98 Å². The van der Waals surface area contributed by atoms with Crippen molar-refractivity contribution in [2.24, 2.45) is 0 Å². The summed E-state index contributed by atoms with van der Waals surface area (Å²) in [5.74, 6) is 1.43. The van der Waals surface area contributed by atoms with E-state index in [4.69, 9.17) is 5.11 Å². The molecular formula is C9H16N4O. The number of aliphatic hydroxyl groups is 1. The Labute approximate surface area is 83.8 Å². The van der Waals surface area contributed by atoms with Crippen LogP contribution in [-0.4, -0.2) is 41.8 Å². The Kier molecular flexibility index (Phi) is 4.12. The maximum Gasteiger partial charge on any atom is 0.224 e. The third-order valence-corrected chi connectivity index (χ3v) is 1.80. The first kappa shape index (κ1) is 10.7. The molecule has 1 rings (SSSR count). The Morgan fingerprint density at radius 3 is 3.00 bits per heavy atom. The SMILES string of the molecule is CCNc1nccc(N(C)CCO)n1. The molecule has 0 spiro atoms. The van der Waals surface area contributed by atoms with E-state index in [0.717, 1.165) is 12.4 Å². The van der Waals surface area contributed by atoms with Crippen molar-refractivity contribution in [2.45, 2.75) is 6.92 Å². The number of nitrogens with one attached hydrogen (secondary N) is 1. The zero-order chi connectivity index (χ0) is 10.4. The van der Waals surface area contributed by atoms with Crippen molar-refractivity contribution in [3.63, 3.8) is 0 Å². The van der Waals surface area contributed by atoms with Crippen molar-refractivity contribution in [1.29, 1.82) is 0 Å². The minimum absolute atomic E-state index is 0.122. The van der Waals surface area contributed by atoms with E-state index < -0.39 is 0 Å². The number of hydrogen-bond acceptors (Lipinski definition) is 5. The Bertz CT molecular complexity index is 279. The summed E-state index contributed by atoms with van der Waals surface area (Å²) in [5.41, 5.74) is 0. The van der Waals surface area contributed by atoms with E-state index in [9.17, 15) is 0 Å². The van der Waals surface area contributed by atoms with Crippen LogP contribution in [0.4, 0.5) is 11.8 Å². The van der Waals surface area contributed by atoms with Crippen LogP contribution in [0.1, 0.15) is 6.92 Å². The number of anilines is 2. The van der Waals surface area contributed by atoms with Crippen LogP contribution in [0, 0.1) is 0 Å². The highest BCUT2D eigenvalue weighted by atomic mass is 16.3. The van der Waals surface area contributed by atoms with Crippen LogP contribution in [0.5, 0.6) is 0 Å². The van der Waals surface area contributed by atoms with Gasteiger partial charge in [-0.05, 0) is 13.0 Å². The lowest BCUT2D eigenvalue weighted by molar-refractivity contribution is 0.304. The minimum Gasteiger partial charge on any atom is -0.395 e. The van der Waals surface area contributed by atoms with Gasteiger partial charge in [0.05, 0.1) is 6.61 Å².